The Morgan fingerprint density at radius 1 is 1.48 bits per heavy atom. The maximum absolute atomic E-state index is 13.8. The molecule has 0 heterocycles. The number of hydrogen-bond donors (Lipinski definition) is 1. The fourth-order valence-electron chi connectivity index (χ4n) is 1.82. The van der Waals surface area contributed by atoms with Crippen LogP contribution in [0.1, 0.15) is 30.9 Å². The molecule has 116 valence electrons. The fraction of sp³-hybridized carbons (Fsp3) is 0.467. The zero-order valence-electron chi connectivity index (χ0n) is 12.7. The smallest absolute Gasteiger partial charge is 0.193 e. The van der Waals surface area contributed by atoms with E-state index in [1.54, 1.807) is 19.2 Å². The van der Waals surface area contributed by atoms with Gasteiger partial charge in [0.15, 0.2) is 5.96 Å². The predicted molar refractivity (Wildman–Crippen MR) is 94.3 cm³/mol. The number of halogens is 2. The van der Waals surface area contributed by atoms with Gasteiger partial charge >= 0.3 is 0 Å². The van der Waals surface area contributed by atoms with E-state index in [-0.39, 0.29) is 29.8 Å². The molecule has 0 spiro atoms. The van der Waals surface area contributed by atoms with Gasteiger partial charge in [0, 0.05) is 32.7 Å². The zero-order valence-corrected chi connectivity index (χ0v) is 15.0. The lowest BCUT2D eigenvalue weighted by molar-refractivity contribution is 0.463. The number of nitrogens with zero attached hydrogens (tertiary/aromatic N) is 3. The highest BCUT2D eigenvalue weighted by Gasteiger charge is 2.07. The Hall–Kier alpha value is -1.36. The molecule has 0 unspecified atom stereocenters. The average Bonchev–Trinajstić information content (AvgIpc) is 2.46. The van der Waals surface area contributed by atoms with Crippen molar-refractivity contribution < 1.29 is 4.39 Å². The maximum Gasteiger partial charge on any atom is 0.193 e. The summed E-state index contributed by atoms with van der Waals surface area (Å²) in [5.74, 6) is 0.366. The van der Waals surface area contributed by atoms with E-state index >= 15 is 0 Å². The topological polar surface area (TPSA) is 51.4 Å². The molecule has 0 aromatic heterocycles. The van der Waals surface area contributed by atoms with Crippen LogP contribution in [0.15, 0.2) is 23.2 Å². The Morgan fingerprint density at radius 2 is 2.19 bits per heavy atom. The Labute approximate surface area is 143 Å². The number of rotatable bonds is 5. The third-order valence-corrected chi connectivity index (χ3v) is 3.04. The van der Waals surface area contributed by atoms with E-state index in [1.807, 2.05) is 18.0 Å². The minimum atomic E-state index is -0.372. The van der Waals surface area contributed by atoms with Gasteiger partial charge in [-0.1, -0.05) is 19.4 Å². The van der Waals surface area contributed by atoms with E-state index in [9.17, 15) is 4.39 Å². The summed E-state index contributed by atoms with van der Waals surface area (Å²) < 4.78 is 13.8. The molecule has 0 radical (unpaired) electrons. The van der Waals surface area contributed by atoms with Crippen molar-refractivity contribution in [1.82, 2.24) is 10.2 Å². The molecule has 0 aliphatic rings. The molecular weight excluding hydrogens is 382 g/mol. The van der Waals surface area contributed by atoms with Gasteiger partial charge in [-0.2, -0.15) is 5.26 Å². The molecule has 1 aromatic rings. The van der Waals surface area contributed by atoms with Crippen molar-refractivity contribution in [1.29, 1.82) is 5.26 Å². The van der Waals surface area contributed by atoms with Gasteiger partial charge in [0.1, 0.15) is 5.82 Å². The van der Waals surface area contributed by atoms with Crippen molar-refractivity contribution >= 4 is 29.9 Å². The molecule has 1 N–H and O–H groups in total. The summed E-state index contributed by atoms with van der Waals surface area (Å²) in [5.41, 5.74) is 0.852. The highest BCUT2D eigenvalue weighted by molar-refractivity contribution is 14.0. The van der Waals surface area contributed by atoms with Gasteiger partial charge in [0.25, 0.3) is 0 Å². The number of nitrogens with one attached hydrogen (secondary N) is 1. The van der Waals surface area contributed by atoms with Gasteiger partial charge in [-0.05, 0) is 18.6 Å². The first-order chi connectivity index (χ1) is 9.62. The van der Waals surface area contributed by atoms with E-state index in [0.29, 0.717) is 17.7 Å². The monoisotopic (exact) mass is 404 g/mol. The summed E-state index contributed by atoms with van der Waals surface area (Å²) in [6.07, 6.45) is 2.20. The van der Waals surface area contributed by atoms with E-state index in [4.69, 9.17) is 5.26 Å². The van der Waals surface area contributed by atoms with Gasteiger partial charge in [-0.15, -0.1) is 24.0 Å². The van der Waals surface area contributed by atoms with Crippen LogP contribution in [0.2, 0.25) is 0 Å². The number of hydrogen-bond acceptors (Lipinski definition) is 2. The first-order valence-corrected chi connectivity index (χ1v) is 6.72. The zero-order chi connectivity index (χ0) is 15.0. The second-order valence-electron chi connectivity index (χ2n) is 4.59. The minimum absolute atomic E-state index is 0. The molecule has 0 aliphatic carbocycles. The van der Waals surface area contributed by atoms with Crippen molar-refractivity contribution in [2.45, 2.75) is 26.3 Å². The third-order valence-electron chi connectivity index (χ3n) is 3.04. The Morgan fingerprint density at radius 3 is 2.71 bits per heavy atom. The summed E-state index contributed by atoms with van der Waals surface area (Å²) >= 11 is 0. The van der Waals surface area contributed by atoms with Gasteiger partial charge in [-0.25, -0.2) is 4.39 Å². The number of aliphatic imine (C=N–C) groups is 1. The van der Waals surface area contributed by atoms with Crippen molar-refractivity contribution in [2.24, 2.45) is 4.99 Å². The van der Waals surface area contributed by atoms with Crippen LogP contribution in [0.25, 0.3) is 0 Å². The van der Waals surface area contributed by atoms with E-state index in [2.05, 4.69) is 17.2 Å². The van der Waals surface area contributed by atoms with Crippen LogP contribution in [0.4, 0.5) is 4.39 Å². The summed E-state index contributed by atoms with van der Waals surface area (Å²) in [6.45, 7) is 3.39. The second-order valence-corrected chi connectivity index (χ2v) is 4.59. The predicted octanol–water partition coefficient (Wildman–Crippen LogP) is 3.12. The molecule has 1 aromatic carbocycles. The van der Waals surface area contributed by atoms with Crippen molar-refractivity contribution in [2.75, 3.05) is 20.6 Å². The molecule has 1 rings (SSSR count). The second kappa shape index (κ2) is 10.4. The Bertz CT molecular complexity index is 511. The standard InChI is InChI=1S/C15H21FN4.HI/c1-4-5-8-20(3)15(18-2)19-11-13-7-6-12(10-17)9-14(13)16;/h6-7,9H,4-5,8,11H2,1-3H3,(H,18,19);1H. The molecule has 0 amide bonds. The Kier molecular flexibility index (Phi) is 9.71. The Balaban J connectivity index is 0.00000400. The molecule has 0 saturated heterocycles. The van der Waals surface area contributed by atoms with E-state index < -0.39 is 0 Å². The molecule has 0 saturated carbocycles. The van der Waals surface area contributed by atoms with Gasteiger partial charge in [0.2, 0.25) is 0 Å². The van der Waals surface area contributed by atoms with Crippen molar-refractivity contribution in [3.63, 3.8) is 0 Å². The van der Waals surface area contributed by atoms with Crippen LogP contribution >= 0.6 is 24.0 Å². The lowest BCUT2D eigenvalue weighted by atomic mass is 10.1. The van der Waals surface area contributed by atoms with Crippen molar-refractivity contribution in [3.8, 4) is 6.07 Å². The highest BCUT2D eigenvalue weighted by atomic mass is 127. The van der Waals surface area contributed by atoms with Gasteiger partial charge in [0.05, 0.1) is 11.6 Å². The van der Waals surface area contributed by atoms with Gasteiger partial charge in [-0.3, -0.25) is 4.99 Å². The number of nitriles is 1. The molecule has 6 heteroatoms. The number of benzene rings is 1. The summed E-state index contributed by atoms with van der Waals surface area (Å²) in [6, 6.07) is 6.41. The SMILES string of the molecule is CCCCN(C)C(=NC)NCc1ccc(C#N)cc1F.I. The van der Waals surface area contributed by atoms with Crippen LogP contribution in [0.5, 0.6) is 0 Å². The van der Waals surface area contributed by atoms with E-state index in [0.717, 1.165) is 25.3 Å². The molecule has 0 atom stereocenters. The largest absolute Gasteiger partial charge is 0.352 e. The summed E-state index contributed by atoms with van der Waals surface area (Å²) in [5, 5.41) is 11.8. The van der Waals surface area contributed by atoms with Crippen LogP contribution in [-0.4, -0.2) is 31.5 Å². The third kappa shape index (κ3) is 6.29. The fourth-order valence-corrected chi connectivity index (χ4v) is 1.82. The minimum Gasteiger partial charge on any atom is -0.352 e. The van der Waals surface area contributed by atoms with Crippen molar-refractivity contribution in [3.05, 3.63) is 35.1 Å². The van der Waals surface area contributed by atoms with Crippen LogP contribution in [0.3, 0.4) is 0 Å². The van der Waals surface area contributed by atoms with Crippen LogP contribution in [-0.2, 0) is 6.54 Å². The molecule has 4 nitrogen and oxygen atoms in total. The number of unbranched alkanes of at least 4 members (excludes halogenated alkanes) is 1. The van der Waals surface area contributed by atoms with Gasteiger partial charge < -0.3 is 10.2 Å². The normalized spacial score (nSPS) is 10.5. The molecule has 21 heavy (non-hydrogen) atoms. The lowest BCUT2D eigenvalue weighted by Gasteiger charge is -2.22. The lowest BCUT2D eigenvalue weighted by Crippen LogP contribution is -2.39. The summed E-state index contributed by atoms with van der Waals surface area (Å²) in [4.78, 5) is 6.19. The quantitative estimate of drug-likeness (QED) is 0.466. The molecule has 0 aliphatic heterocycles. The van der Waals surface area contributed by atoms with Crippen LogP contribution < -0.4 is 5.32 Å². The average molecular weight is 404 g/mol. The first-order valence-electron chi connectivity index (χ1n) is 6.72. The van der Waals surface area contributed by atoms with E-state index in [1.165, 1.54) is 6.07 Å². The highest BCUT2D eigenvalue weighted by Crippen LogP contribution is 2.09. The molecule has 0 bridgehead atoms. The maximum atomic E-state index is 13.8. The summed E-state index contributed by atoms with van der Waals surface area (Å²) in [7, 11) is 3.67. The number of guanidine groups is 1. The van der Waals surface area contributed by atoms with Crippen LogP contribution in [0, 0.1) is 17.1 Å². The molecule has 0 fully saturated rings. The molecular formula is C15H22FIN4. The first kappa shape index (κ1) is 19.6.